The van der Waals surface area contributed by atoms with Crippen molar-refractivity contribution < 1.29 is 14.6 Å². The molecule has 2 heterocycles. The fourth-order valence-corrected chi connectivity index (χ4v) is 2.49. The Bertz CT molecular complexity index is 396. The summed E-state index contributed by atoms with van der Waals surface area (Å²) in [5, 5.41) is 8.58. The number of anilines is 1. The smallest absolute Gasteiger partial charge is 0.341 e. The van der Waals surface area contributed by atoms with Crippen molar-refractivity contribution in [3.05, 3.63) is 0 Å². The number of nitrogens with zero attached hydrogens (tertiary/aromatic N) is 3. The molecular weight excluding hydrogens is 242 g/mol. The van der Waals surface area contributed by atoms with Gasteiger partial charge in [-0.05, 0) is 26.2 Å². The number of carboxylic acids is 1. The number of rotatable bonds is 4. The van der Waals surface area contributed by atoms with Crippen LogP contribution in [-0.4, -0.2) is 39.0 Å². The summed E-state index contributed by atoms with van der Waals surface area (Å²) >= 11 is 1.05. The van der Waals surface area contributed by atoms with Crippen molar-refractivity contribution in [3.8, 4) is 5.88 Å². The van der Waals surface area contributed by atoms with Crippen LogP contribution < -0.4 is 9.64 Å². The third kappa shape index (κ3) is 2.85. The van der Waals surface area contributed by atoms with Crippen LogP contribution in [0, 0.1) is 0 Å². The molecule has 0 amide bonds. The van der Waals surface area contributed by atoms with Gasteiger partial charge in [0.2, 0.25) is 5.82 Å². The molecule has 7 heteroatoms. The molecule has 0 bridgehead atoms. The summed E-state index contributed by atoms with van der Waals surface area (Å²) in [6, 6.07) is 0.403. The highest BCUT2D eigenvalue weighted by Gasteiger charge is 2.24. The van der Waals surface area contributed by atoms with Gasteiger partial charge < -0.3 is 14.7 Å². The number of aliphatic carboxylic acids is 1. The monoisotopic (exact) mass is 257 g/mol. The highest BCUT2D eigenvalue weighted by atomic mass is 32.1. The van der Waals surface area contributed by atoms with Crippen molar-refractivity contribution >= 4 is 23.5 Å². The second kappa shape index (κ2) is 5.31. The molecule has 0 aromatic carbocycles. The second-order valence-corrected chi connectivity index (χ2v) is 4.64. The van der Waals surface area contributed by atoms with E-state index in [4.69, 9.17) is 9.84 Å². The number of carboxylic acid groups (broad SMARTS) is 1. The van der Waals surface area contributed by atoms with Gasteiger partial charge in [0.15, 0.2) is 6.61 Å². The van der Waals surface area contributed by atoms with Crippen LogP contribution in [0.4, 0.5) is 5.82 Å². The predicted molar refractivity (Wildman–Crippen MR) is 63.7 cm³/mol. The third-order valence-corrected chi connectivity index (χ3v) is 3.35. The van der Waals surface area contributed by atoms with Crippen LogP contribution >= 0.6 is 11.7 Å². The third-order valence-electron chi connectivity index (χ3n) is 2.85. The van der Waals surface area contributed by atoms with Crippen LogP contribution in [0.1, 0.15) is 26.2 Å². The molecule has 1 aromatic heterocycles. The molecule has 94 valence electrons. The maximum atomic E-state index is 10.5. The van der Waals surface area contributed by atoms with E-state index in [1.54, 1.807) is 0 Å². The van der Waals surface area contributed by atoms with Gasteiger partial charge >= 0.3 is 5.97 Å². The normalized spacial score (nSPS) is 20.3. The highest BCUT2D eigenvalue weighted by molar-refractivity contribution is 6.99. The zero-order chi connectivity index (χ0) is 12.3. The standard InChI is InChI=1S/C10H15N3O3S/c1-7-4-2-3-5-13(7)9-10(12-17-11-9)16-6-8(14)15/h7H,2-6H2,1H3,(H,14,15)/t7-/m1/s1. The Balaban J connectivity index is 2.09. The summed E-state index contributed by atoms with van der Waals surface area (Å²) in [6.45, 7) is 2.69. The molecule has 17 heavy (non-hydrogen) atoms. The molecule has 1 aliphatic rings. The SMILES string of the molecule is C[C@@H]1CCCCN1c1nsnc1OCC(=O)O. The van der Waals surface area contributed by atoms with E-state index in [1.165, 1.54) is 6.42 Å². The largest absolute Gasteiger partial charge is 0.479 e. The molecule has 0 unspecified atom stereocenters. The number of hydrogen-bond acceptors (Lipinski definition) is 6. The Morgan fingerprint density at radius 3 is 3.12 bits per heavy atom. The van der Waals surface area contributed by atoms with E-state index in [-0.39, 0.29) is 6.61 Å². The number of aromatic nitrogens is 2. The highest BCUT2D eigenvalue weighted by Crippen LogP contribution is 2.30. The summed E-state index contributed by atoms with van der Waals surface area (Å²) in [5.41, 5.74) is 0. The molecule has 1 aromatic rings. The van der Waals surface area contributed by atoms with E-state index < -0.39 is 5.97 Å². The molecular formula is C10H15N3O3S. The first-order chi connectivity index (χ1) is 8.18. The molecule has 0 aliphatic carbocycles. The molecule has 6 nitrogen and oxygen atoms in total. The molecule has 1 N–H and O–H groups in total. The summed E-state index contributed by atoms with van der Waals surface area (Å²) in [7, 11) is 0. The topological polar surface area (TPSA) is 75.5 Å². The van der Waals surface area contributed by atoms with Crippen molar-refractivity contribution in [2.45, 2.75) is 32.2 Å². The fraction of sp³-hybridized carbons (Fsp3) is 0.700. The van der Waals surface area contributed by atoms with E-state index in [2.05, 4.69) is 20.6 Å². The first-order valence-corrected chi connectivity index (χ1v) is 6.35. The van der Waals surface area contributed by atoms with Crippen LogP contribution in [0.25, 0.3) is 0 Å². The zero-order valence-electron chi connectivity index (χ0n) is 9.63. The summed E-state index contributed by atoms with van der Waals surface area (Å²) in [5.74, 6) is 0.0187. The first kappa shape index (κ1) is 12.1. The van der Waals surface area contributed by atoms with Gasteiger partial charge in [-0.3, -0.25) is 0 Å². The van der Waals surface area contributed by atoms with Crippen LogP contribution in [0.3, 0.4) is 0 Å². The van der Waals surface area contributed by atoms with Gasteiger partial charge in [-0.1, -0.05) is 0 Å². The molecule has 1 saturated heterocycles. The van der Waals surface area contributed by atoms with Gasteiger partial charge in [0, 0.05) is 12.6 Å². The Morgan fingerprint density at radius 1 is 1.59 bits per heavy atom. The average molecular weight is 257 g/mol. The number of ether oxygens (including phenoxy) is 1. The summed E-state index contributed by atoms with van der Waals surface area (Å²) in [4.78, 5) is 12.6. The summed E-state index contributed by atoms with van der Waals surface area (Å²) < 4.78 is 13.3. The Morgan fingerprint density at radius 2 is 2.41 bits per heavy atom. The predicted octanol–water partition coefficient (Wildman–Crippen LogP) is 1.38. The van der Waals surface area contributed by atoms with Crippen molar-refractivity contribution in [2.24, 2.45) is 0 Å². The molecule has 1 aliphatic heterocycles. The zero-order valence-corrected chi connectivity index (χ0v) is 10.4. The van der Waals surface area contributed by atoms with Crippen molar-refractivity contribution in [3.63, 3.8) is 0 Å². The van der Waals surface area contributed by atoms with Crippen LogP contribution in [-0.2, 0) is 4.79 Å². The van der Waals surface area contributed by atoms with Crippen LogP contribution in [0.15, 0.2) is 0 Å². The van der Waals surface area contributed by atoms with Crippen LogP contribution in [0.2, 0.25) is 0 Å². The van der Waals surface area contributed by atoms with E-state index >= 15 is 0 Å². The lowest BCUT2D eigenvalue weighted by Crippen LogP contribution is -2.37. The lowest BCUT2D eigenvalue weighted by molar-refractivity contribution is -0.139. The van der Waals surface area contributed by atoms with E-state index in [0.717, 1.165) is 31.1 Å². The molecule has 1 fully saturated rings. The Kier molecular flexibility index (Phi) is 3.78. The van der Waals surface area contributed by atoms with Gasteiger partial charge in [-0.2, -0.15) is 4.37 Å². The quantitative estimate of drug-likeness (QED) is 0.878. The molecule has 2 rings (SSSR count). The van der Waals surface area contributed by atoms with Crippen molar-refractivity contribution in [1.82, 2.24) is 8.75 Å². The van der Waals surface area contributed by atoms with Crippen molar-refractivity contribution in [1.29, 1.82) is 0 Å². The number of hydrogen-bond donors (Lipinski definition) is 1. The van der Waals surface area contributed by atoms with Crippen LogP contribution in [0.5, 0.6) is 5.88 Å². The number of carbonyl (C=O) groups is 1. The minimum Gasteiger partial charge on any atom is -0.479 e. The van der Waals surface area contributed by atoms with Gasteiger partial charge in [0.05, 0.1) is 11.7 Å². The maximum Gasteiger partial charge on any atom is 0.341 e. The van der Waals surface area contributed by atoms with E-state index in [0.29, 0.717) is 17.7 Å². The van der Waals surface area contributed by atoms with Gasteiger partial charge in [0.25, 0.3) is 5.88 Å². The van der Waals surface area contributed by atoms with Gasteiger partial charge in [-0.25, -0.2) is 4.79 Å². The molecule has 1 atom stereocenters. The second-order valence-electron chi connectivity index (χ2n) is 4.11. The minimum absolute atomic E-state index is 0.339. The maximum absolute atomic E-state index is 10.5. The van der Waals surface area contributed by atoms with E-state index in [9.17, 15) is 4.79 Å². The lowest BCUT2D eigenvalue weighted by atomic mass is 10.0. The molecule has 0 saturated carbocycles. The lowest BCUT2D eigenvalue weighted by Gasteiger charge is -2.33. The Hall–Kier alpha value is -1.37. The Labute approximate surface area is 104 Å². The number of piperidine rings is 1. The average Bonchev–Trinajstić information content (AvgIpc) is 2.75. The van der Waals surface area contributed by atoms with Gasteiger partial charge in [0.1, 0.15) is 0 Å². The first-order valence-electron chi connectivity index (χ1n) is 5.62. The minimum atomic E-state index is -1.00. The molecule has 0 spiro atoms. The van der Waals surface area contributed by atoms with Gasteiger partial charge in [-0.15, -0.1) is 4.37 Å². The fourth-order valence-electron chi connectivity index (χ4n) is 1.99. The molecule has 0 radical (unpaired) electrons. The summed E-state index contributed by atoms with van der Waals surface area (Å²) in [6.07, 6.45) is 3.47. The van der Waals surface area contributed by atoms with Crippen molar-refractivity contribution in [2.75, 3.05) is 18.1 Å². The van der Waals surface area contributed by atoms with E-state index in [1.807, 2.05) is 0 Å².